The Kier molecular flexibility index (Phi) is 10.1. The highest BCUT2D eigenvalue weighted by Crippen LogP contribution is 2.37. The second kappa shape index (κ2) is 14.4. The van der Waals surface area contributed by atoms with Crippen LogP contribution in [0.5, 0.6) is 0 Å². The third-order valence-electron chi connectivity index (χ3n) is 7.09. The lowest BCUT2D eigenvalue weighted by molar-refractivity contribution is -0.116. The van der Waals surface area contributed by atoms with Crippen LogP contribution >= 0.6 is 11.6 Å². The molecule has 4 aromatic rings. The molecule has 1 aliphatic rings. The van der Waals surface area contributed by atoms with Gasteiger partial charge in [0.2, 0.25) is 11.2 Å². The summed E-state index contributed by atoms with van der Waals surface area (Å²) in [6.07, 6.45) is -0.659. The number of hydrogen-bond acceptors (Lipinski definition) is 9. The SMILES string of the molecule is CCCCCCC(=O)Nc1nc(Cl)nc2c1ncn2[C@@H]1O[C@H](COC(=O)c2ccccc2)[C@@H](OC(=O)c2ccccc2)[C@@H]1F. The van der Waals surface area contributed by atoms with Gasteiger partial charge >= 0.3 is 11.9 Å². The summed E-state index contributed by atoms with van der Waals surface area (Å²) in [7, 11) is 0. The van der Waals surface area contributed by atoms with Gasteiger partial charge in [0.15, 0.2) is 35.5 Å². The number of aromatic nitrogens is 4. The number of imidazole rings is 1. The van der Waals surface area contributed by atoms with E-state index >= 15 is 4.39 Å². The smallest absolute Gasteiger partial charge is 0.338 e. The van der Waals surface area contributed by atoms with Crippen molar-refractivity contribution >= 4 is 46.4 Å². The number of carbonyl (C=O) groups excluding carboxylic acids is 3. The Labute approximate surface area is 257 Å². The molecule has 1 amide bonds. The lowest BCUT2D eigenvalue weighted by atomic mass is 10.1. The topological polar surface area (TPSA) is 135 Å². The molecule has 2 aromatic carbocycles. The minimum Gasteiger partial charge on any atom is -0.459 e. The third-order valence-corrected chi connectivity index (χ3v) is 7.26. The van der Waals surface area contributed by atoms with Crippen LogP contribution in [-0.2, 0) is 19.0 Å². The number of esters is 2. The lowest BCUT2D eigenvalue weighted by Gasteiger charge is -2.19. The fourth-order valence-electron chi connectivity index (χ4n) is 4.84. The molecule has 1 fully saturated rings. The number of benzene rings is 2. The van der Waals surface area contributed by atoms with Crippen LogP contribution < -0.4 is 5.32 Å². The third kappa shape index (κ3) is 7.20. The molecule has 230 valence electrons. The van der Waals surface area contributed by atoms with Crippen molar-refractivity contribution < 1.29 is 33.0 Å². The van der Waals surface area contributed by atoms with E-state index in [1.807, 2.05) is 0 Å². The molecule has 0 bridgehead atoms. The summed E-state index contributed by atoms with van der Waals surface area (Å²) in [6.45, 7) is 1.68. The van der Waals surface area contributed by atoms with Crippen LogP contribution in [0.2, 0.25) is 5.28 Å². The Morgan fingerprint density at radius 1 is 0.977 bits per heavy atom. The van der Waals surface area contributed by atoms with Gasteiger partial charge in [0.05, 0.1) is 17.5 Å². The Balaban J connectivity index is 1.38. The van der Waals surface area contributed by atoms with Gasteiger partial charge in [-0.3, -0.25) is 9.36 Å². The molecule has 0 aliphatic carbocycles. The predicted molar refractivity (Wildman–Crippen MR) is 159 cm³/mol. The van der Waals surface area contributed by atoms with E-state index in [4.69, 9.17) is 25.8 Å². The molecule has 1 saturated heterocycles. The van der Waals surface area contributed by atoms with Crippen LogP contribution in [0.3, 0.4) is 0 Å². The Morgan fingerprint density at radius 3 is 2.34 bits per heavy atom. The first-order valence-electron chi connectivity index (χ1n) is 14.3. The van der Waals surface area contributed by atoms with Crippen molar-refractivity contribution in [2.24, 2.45) is 0 Å². The number of nitrogens with zero attached hydrogens (tertiary/aromatic N) is 4. The van der Waals surface area contributed by atoms with Gasteiger partial charge in [0, 0.05) is 6.42 Å². The molecule has 3 heterocycles. The molecule has 0 spiro atoms. The number of unbranched alkanes of at least 4 members (excludes halogenated alkanes) is 3. The molecule has 13 heteroatoms. The number of anilines is 1. The van der Waals surface area contributed by atoms with Crippen molar-refractivity contribution in [2.45, 2.75) is 63.6 Å². The number of halogens is 2. The maximum atomic E-state index is 16.2. The molecule has 4 atom stereocenters. The van der Waals surface area contributed by atoms with Gasteiger partial charge in [-0.15, -0.1) is 0 Å². The number of carbonyl (C=O) groups is 3. The average molecular weight is 624 g/mol. The fraction of sp³-hybridized carbons (Fsp3) is 0.355. The van der Waals surface area contributed by atoms with Crippen molar-refractivity contribution in [1.29, 1.82) is 0 Å². The van der Waals surface area contributed by atoms with E-state index in [0.29, 0.717) is 12.0 Å². The number of rotatable bonds is 12. The van der Waals surface area contributed by atoms with E-state index in [9.17, 15) is 14.4 Å². The van der Waals surface area contributed by atoms with Gasteiger partial charge in [-0.05, 0) is 42.3 Å². The summed E-state index contributed by atoms with van der Waals surface area (Å²) < 4.78 is 34.5. The Hall–Kier alpha value is -4.42. The minimum absolute atomic E-state index is 0.0769. The summed E-state index contributed by atoms with van der Waals surface area (Å²) in [6, 6.07) is 16.4. The van der Waals surface area contributed by atoms with Gasteiger partial charge in [-0.2, -0.15) is 9.97 Å². The van der Waals surface area contributed by atoms with E-state index in [0.717, 1.165) is 25.7 Å². The first-order chi connectivity index (χ1) is 21.4. The van der Waals surface area contributed by atoms with Gasteiger partial charge in [-0.25, -0.2) is 19.0 Å². The summed E-state index contributed by atoms with van der Waals surface area (Å²) in [5, 5.41) is 2.52. The number of alkyl halides is 1. The van der Waals surface area contributed by atoms with Gasteiger partial charge in [0.1, 0.15) is 12.7 Å². The first kappa shape index (κ1) is 31.0. The maximum absolute atomic E-state index is 16.2. The second-order valence-electron chi connectivity index (χ2n) is 10.2. The minimum atomic E-state index is -1.93. The number of ether oxygens (including phenoxy) is 3. The molecule has 44 heavy (non-hydrogen) atoms. The number of amides is 1. The van der Waals surface area contributed by atoms with E-state index in [1.165, 1.54) is 23.0 Å². The van der Waals surface area contributed by atoms with E-state index in [1.54, 1.807) is 48.5 Å². The molecule has 5 rings (SSSR count). The van der Waals surface area contributed by atoms with Crippen LogP contribution in [0.15, 0.2) is 67.0 Å². The average Bonchev–Trinajstić information content (AvgIpc) is 3.59. The number of fused-ring (bicyclic) bond motifs is 1. The van der Waals surface area contributed by atoms with Gasteiger partial charge in [0.25, 0.3) is 0 Å². The zero-order valence-electron chi connectivity index (χ0n) is 23.9. The first-order valence-corrected chi connectivity index (χ1v) is 14.7. The molecule has 11 nitrogen and oxygen atoms in total. The highest BCUT2D eigenvalue weighted by atomic mass is 35.5. The van der Waals surface area contributed by atoms with E-state index < -0.39 is 43.2 Å². The summed E-state index contributed by atoms with van der Waals surface area (Å²) in [5.74, 6) is -1.61. The maximum Gasteiger partial charge on any atom is 0.338 e. The monoisotopic (exact) mass is 623 g/mol. The molecule has 1 aliphatic heterocycles. The Morgan fingerprint density at radius 2 is 1.66 bits per heavy atom. The molecule has 0 radical (unpaired) electrons. The van der Waals surface area contributed by atoms with Crippen molar-refractivity contribution in [1.82, 2.24) is 19.5 Å². The highest BCUT2D eigenvalue weighted by molar-refractivity contribution is 6.28. The van der Waals surface area contributed by atoms with Crippen LogP contribution in [0.1, 0.15) is 66.0 Å². The fourth-order valence-corrected chi connectivity index (χ4v) is 5.01. The number of nitrogens with one attached hydrogen (secondary N) is 1. The van der Waals surface area contributed by atoms with Crippen LogP contribution in [0.4, 0.5) is 10.2 Å². The zero-order chi connectivity index (χ0) is 31.1. The molecule has 0 saturated carbocycles. The summed E-state index contributed by atoms with van der Waals surface area (Å²) in [4.78, 5) is 50.7. The summed E-state index contributed by atoms with van der Waals surface area (Å²) in [5.41, 5.74) is 0.771. The molecule has 1 N–H and O–H groups in total. The van der Waals surface area contributed by atoms with Gasteiger partial charge in [-0.1, -0.05) is 62.6 Å². The second-order valence-corrected chi connectivity index (χ2v) is 10.6. The Bertz CT molecular complexity index is 1610. The van der Waals surface area contributed by atoms with Crippen molar-refractivity contribution in [3.05, 3.63) is 83.4 Å². The summed E-state index contributed by atoms with van der Waals surface area (Å²) >= 11 is 6.19. The zero-order valence-corrected chi connectivity index (χ0v) is 24.7. The van der Waals surface area contributed by atoms with E-state index in [-0.39, 0.29) is 33.7 Å². The predicted octanol–water partition coefficient (Wildman–Crippen LogP) is 5.71. The molecular weight excluding hydrogens is 593 g/mol. The van der Waals surface area contributed by atoms with Crippen LogP contribution in [0.25, 0.3) is 11.2 Å². The van der Waals surface area contributed by atoms with Crippen molar-refractivity contribution in [3.63, 3.8) is 0 Å². The van der Waals surface area contributed by atoms with Gasteiger partial charge < -0.3 is 19.5 Å². The normalized spacial score (nSPS) is 19.5. The van der Waals surface area contributed by atoms with Crippen LogP contribution in [-0.4, -0.2) is 62.4 Å². The van der Waals surface area contributed by atoms with Crippen molar-refractivity contribution in [3.8, 4) is 0 Å². The highest BCUT2D eigenvalue weighted by Gasteiger charge is 2.50. The molecule has 2 aromatic heterocycles. The molecular formula is C31H31ClFN5O6. The van der Waals surface area contributed by atoms with Crippen LogP contribution in [0, 0.1) is 0 Å². The van der Waals surface area contributed by atoms with Crippen molar-refractivity contribution in [2.75, 3.05) is 11.9 Å². The van der Waals surface area contributed by atoms with E-state index in [2.05, 4.69) is 27.2 Å². The quantitative estimate of drug-likeness (QED) is 0.120. The lowest BCUT2D eigenvalue weighted by Crippen LogP contribution is -2.37. The number of hydrogen-bond donors (Lipinski definition) is 1. The molecule has 0 unspecified atom stereocenters. The standard InChI is InChI=1S/C31H31ClFN5O6/c1-2-3-4-11-16-22(39)35-26-24-27(37-31(32)36-26)38(18-34-24)28-23(33)25(44-30(41)20-14-9-6-10-15-20)21(43-28)17-42-29(40)19-12-7-5-8-13-19/h5-10,12-15,18,21,23,25,28H,2-4,11,16-17H2,1H3,(H,35,36,37,39)/t21-,23+,25-,28-/m1/s1. The largest absolute Gasteiger partial charge is 0.459 e.